The summed E-state index contributed by atoms with van der Waals surface area (Å²) in [5, 5.41) is 0. The Balaban J connectivity index is 2.52. The summed E-state index contributed by atoms with van der Waals surface area (Å²) in [5.74, 6) is 2.42. The smallest absolute Gasteiger partial charge is 0.122 e. The molecule has 0 aliphatic carbocycles. The third kappa shape index (κ3) is 4.80. The van der Waals surface area contributed by atoms with Crippen LogP contribution in [0.15, 0.2) is 24.3 Å². The van der Waals surface area contributed by atoms with Gasteiger partial charge >= 0.3 is 0 Å². The molecular formula is C16H26O. The second kappa shape index (κ2) is 7.37. The van der Waals surface area contributed by atoms with Gasteiger partial charge in [-0.15, -0.1) is 0 Å². The first-order valence-corrected chi connectivity index (χ1v) is 6.86. The van der Waals surface area contributed by atoms with Gasteiger partial charge in [0, 0.05) is 0 Å². The van der Waals surface area contributed by atoms with E-state index in [0.29, 0.717) is 5.92 Å². The Morgan fingerprint density at radius 1 is 1.12 bits per heavy atom. The molecule has 1 atom stereocenters. The summed E-state index contributed by atoms with van der Waals surface area (Å²) in [7, 11) is 0. The molecule has 0 saturated carbocycles. The van der Waals surface area contributed by atoms with Gasteiger partial charge in [0.2, 0.25) is 0 Å². The van der Waals surface area contributed by atoms with Crippen LogP contribution in [0.3, 0.4) is 0 Å². The Morgan fingerprint density at radius 2 is 1.82 bits per heavy atom. The molecule has 1 rings (SSSR count). The summed E-state index contributed by atoms with van der Waals surface area (Å²) in [6.07, 6.45) is 3.55. The molecule has 0 N–H and O–H groups in total. The van der Waals surface area contributed by atoms with Gasteiger partial charge in [0.1, 0.15) is 5.75 Å². The minimum absolute atomic E-state index is 0.580. The molecule has 0 amide bonds. The van der Waals surface area contributed by atoms with Crippen molar-refractivity contribution in [3.63, 3.8) is 0 Å². The Labute approximate surface area is 106 Å². The van der Waals surface area contributed by atoms with Crippen molar-refractivity contribution in [2.45, 2.75) is 52.9 Å². The van der Waals surface area contributed by atoms with Crippen molar-refractivity contribution in [2.24, 2.45) is 5.92 Å². The van der Waals surface area contributed by atoms with Gasteiger partial charge in [-0.1, -0.05) is 45.9 Å². The van der Waals surface area contributed by atoms with Crippen molar-refractivity contribution in [1.29, 1.82) is 0 Å². The minimum Gasteiger partial charge on any atom is -0.493 e. The second-order valence-electron chi connectivity index (χ2n) is 5.23. The highest BCUT2D eigenvalue weighted by Crippen LogP contribution is 2.28. The average Bonchev–Trinajstić information content (AvgIpc) is 2.34. The van der Waals surface area contributed by atoms with E-state index in [2.05, 4.69) is 52.0 Å². The molecule has 1 aromatic carbocycles. The molecule has 0 radical (unpaired) electrons. The van der Waals surface area contributed by atoms with Gasteiger partial charge in [0.15, 0.2) is 0 Å². The van der Waals surface area contributed by atoms with Gasteiger partial charge in [0.25, 0.3) is 0 Å². The van der Waals surface area contributed by atoms with Gasteiger partial charge in [-0.3, -0.25) is 0 Å². The molecule has 0 bridgehead atoms. The molecule has 0 fully saturated rings. The molecular weight excluding hydrogens is 208 g/mol. The van der Waals surface area contributed by atoms with E-state index in [-0.39, 0.29) is 0 Å². The highest BCUT2D eigenvalue weighted by Gasteiger charge is 2.09. The fourth-order valence-corrected chi connectivity index (χ4v) is 1.91. The highest BCUT2D eigenvalue weighted by molar-refractivity contribution is 5.35. The van der Waals surface area contributed by atoms with Crippen LogP contribution >= 0.6 is 0 Å². The first kappa shape index (κ1) is 14.1. The predicted octanol–water partition coefficient (Wildman–Crippen LogP) is 5.02. The number of ether oxygens (including phenoxy) is 1. The predicted molar refractivity (Wildman–Crippen MR) is 74.7 cm³/mol. The van der Waals surface area contributed by atoms with Crippen LogP contribution in [0.25, 0.3) is 0 Å². The topological polar surface area (TPSA) is 9.23 Å². The largest absolute Gasteiger partial charge is 0.493 e. The van der Waals surface area contributed by atoms with Crippen LogP contribution in [-0.4, -0.2) is 6.61 Å². The molecule has 1 aromatic rings. The van der Waals surface area contributed by atoms with Crippen molar-refractivity contribution in [3.8, 4) is 5.75 Å². The first-order chi connectivity index (χ1) is 8.15. The van der Waals surface area contributed by atoms with Gasteiger partial charge < -0.3 is 4.74 Å². The fourth-order valence-electron chi connectivity index (χ4n) is 1.91. The summed E-state index contributed by atoms with van der Waals surface area (Å²) in [6.45, 7) is 9.84. The molecule has 1 unspecified atom stereocenters. The molecule has 0 aliphatic rings. The minimum atomic E-state index is 0.580. The maximum Gasteiger partial charge on any atom is 0.122 e. The van der Waals surface area contributed by atoms with E-state index in [9.17, 15) is 0 Å². The highest BCUT2D eigenvalue weighted by atomic mass is 16.5. The maximum absolute atomic E-state index is 5.91. The molecule has 1 nitrogen and oxygen atoms in total. The van der Waals surface area contributed by atoms with Crippen LogP contribution in [-0.2, 0) is 0 Å². The number of benzene rings is 1. The van der Waals surface area contributed by atoms with E-state index in [1.807, 2.05) is 0 Å². The van der Waals surface area contributed by atoms with E-state index >= 15 is 0 Å². The summed E-state index contributed by atoms with van der Waals surface area (Å²) in [6, 6.07) is 8.44. The van der Waals surface area contributed by atoms with Gasteiger partial charge in [-0.05, 0) is 42.7 Å². The zero-order valence-corrected chi connectivity index (χ0v) is 11.7. The number of hydrogen-bond acceptors (Lipinski definition) is 1. The quantitative estimate of drug-likeness (QED) is 0.602. The summed E-state index contributed by atoms with van der Waals surface area (Å²) in [4.78, 5) is 0. The monoisotopic (exact) mass is 234 g/mol. The molecule has 0 aromatic heterocycles. The Hall–Kier alpha value is -0.980. The van der Waals surface area contributed by atoms with Crippen molar-refractivity contribution in [3.05, 3.63) is 29.8 Å². The summed E-state index contributed by atoms with van der Waals surface area (Å²) >= 11 is 0. The van der Waals surface area contributed by atoms with Crippen molar-refractivity contribution in [1.82, 2.24) is 0 Å². The lowest BCUT2D eigenvalue weighted by atomic mass is 9.98. The van der Waals surface area contributed by atoms with E-state index in [0.717, 1.165) is 31.1 Å². The second-order valence-corrected chi connectivity index (χ2v) is 5.23. The van der Waals surface area contributed by atoms with E-state index in [4.69, 9.17) is 4.74 Å². The van der Waals surface area contributed by atoms with Crippen LogP contribution in [0.2, 0.25) is 0 Å². The molecule has 1 heteroatoms. The van der Waals surface area contributed by atoms with E-state index < -0.39 is 0 Å². The molecule has 0 saturated heterocycles. The van der Waals surface area contributed by atoms with Crippen LogP contribution in [0.4, 0.5) is 0 Å². The molecule has 0 heterocycles. The summed E-state index contributed by atoms with van der Waals surface area (Å²) in [5.41, 5.74) is 1.35. The zero-order chi connectivity index (χ0) is 12.7. The Kier molecular flexibility index (Phi) is 6.10. The lowest BCUT2D eigenvalue weighted by Gasteiger charge is -2.15. The maximum atomic E-state index is 5.91. The van der Waals surface area contributed by atoms with Crippen molar-refractivity contribution >= 4 is 0 Å². The molecule has 96 valence electrons. The molecule has 17 heavy (non-hydrogen) atoms. The lowest BCUT2D eigenvalue weighted by molar-refractivity contribution is 0.293. The molecule has 0 aliphatic heterocycles. The normalized spacial score (nSPS) is 12.8. The van der Waals surface area contributed by atoms with E-state index in [1.165, 1.54) is 12.0 Å². The Morgan fingerprint density at radius 3 is 2.47 bits per heavy atom. The third-order valence-electron chi connectivity index (χ3n) is 3.25. The number of hydrogen-bond donors (Lipinski definition) is 0. The van der Waals surface area contributed by atoms with Gasteiger partial charge in [0.05, 0.1) is 6.61 Å². The van der Waals surface area contributed by atoms with Gasteiger partial charge in [-0.25, -0.2) is 0 Å². The SMILES string of the molecule is CCC(C)c1ccccc1OCCCC(C)C. The Bertz CT molecular complexity index is 317. The van der Waals surface area contributed by atoms with Crippen molar-refractivity contribution in [2.75, 3.05) is 6.61 Å². The first-order valence-electron chi connectivity index (χ1n) is 6.86. The lowest BCUT2D eigenvalue weighted by Crippen LogP contribution is -2.03. The summed E-state index contributed by atoms with van der Waals surface area (Å²) < 4.78 is 5.91. The third-order valence-corrected chi connectivity index (χ3v) is 3.25. The number of para-hydroxylation sites is 1. The molecule has 0 spiro atoms. The standard InChI is InChI=1S/C16H26O/c1-5-14(4)15-10-6-7-11-16(15)17-12-8-9-13(2)3/h6-7,10-11,13-14H,5,8-9,12H2,1-4H3. The van der Waals surface area contributed by atoms with Crippen LogP contribution in [0.1, 0.15) is 58.4 Å². The van der Waals surface area contributed by atoms with Crippen LogP contribution < -0.4 is 4.74 Å². The number of rotatable bonds is 7. The van der Waals surface area contributed by atoms with Crippen LogP contribution in [0.5, 0.6) is 5.75 Å². The fraction of sp³-hybridized carbons (Fsp3) is 0.625. The van der Waals surface area contributed by atoms with Crippen molar-refractivity contribution < 1.29 is 4.74 Å². The van der Waals surface area contributed by atoms with Gasteiger partial charge in [-0.2, -0.15) is 0 Å². The zero-order valence-electron chi connectivity index (χ0n) is 11.7. The average molecular weight is 234 g/mol. The van der Waals surface area contributed by atoms with E-state index in [1.54, 1.807) is 0 Å². The van der Waals surface area contributed by atoms with Crippen LogP contribution in [0, 0.1) is 5.92 Å².